The zero-order valence-electron chi connectivity index (χ0n) is 4.80. The maximum atomic E-state index is 5.37. The number of hydrogen-bond donors (Lipinski definition) is 2. The van der Waals surface area contributed by atoms with Crippen LogP contribution in [0.4, 0.5) is 11.4 Å². The van der Waals surface area contributed by atoms with Crippen molar-refractivity contribution in [3.05, 3.63) is 24.3 Å². The molecule has 2 nitrogen and oxygen atoms in total. The molecule has 0 aliphatic heterocycles. The largest absolute Gasteiger partial charge is 0.399 e. The molecule has 3 heteroatoms. The maximum Gasteiger partial charge on any atom is 0.0315 e. The van der Waals surface area contributed by atoms with Crippen molar-refractivity contribution in [3.8, 4) is 0 Å². The van der Waals surface area contributed by atoms with Crippen LogP contribution in [0.3, 0.4) is 0 Å². The van der Waals surface area contributed by atoms with Crippen LogP contribution in [-0.4, -0.2) is 0 Å². The first kappa shape index (κ1) is 8.33. The van der Waals surface area contributed by atoms with Crippen LogP contribution in [0.2, 0.25) is 0 Å². The van der Waals surface area contributed by atoms with Crippen molar-refractivity contribution in [2.45, 2.75) is 0 Å². The minimum absolute atomic E-state index is 0. The molecule has 4 N–H and O–H groups in total. The molecule has 0 fully saturated rings. The summed E-state index contributed by atoms with van der Waals surface area (Å²) < 4.78 is 0. The molecule has 0 aliphatic rings. The van der Waals surface area contributed by atoms with Crippen molar-refractivity contribution in [1.29, 1.82) is 0 Å². The molecule has 1 rings (SSSR count). The van der Waals surface area contributed by atoms with Crippen molar-refractivity contribution in [3.63, 3.8) is 0 Å². The van der Waals surface area contributed by atoms with E-state index in [1.807, 2.05) is 0 Å². The van der Waals surface area contributed by atoms with E-state index in [1.54, 1.807) is 24.3 Å². The van der Waals surface area contributed by atoms with E-state index < -0.39 is 0 Å². The summed E-state index contributed by atoms with van der Waals surface area (Å²) in [6.07, 6.45) is 0. The average molecular weight is 167 g/mol. The van der Waals surface area contributed by atoms with Gasteiger partial charge in [-0.05, 0) is 24.3 Å². The fraction of sp³-hybridized carbons (Fsp3) is 0. The molecule has 0 aliphatic carbocycles. The Hall–Kier alpha value is -0.674. The summed E-state index contributed by atoms with van der Waals surface area (Å²) in [6.45, 7) is 0. The third-order valence-electron chi connectivity index (χ3n) is 0.936. The maximum absolute atomic E-state index is 5.37. The second-order valence-electron chi connectivity index (χ2n) is 1.67. The van der Waals surface area contributed by atoms with E-state index in [0.717, 1.165) is 11.4 Å². The Kier molecular flexibility index (Phi) is 3.12. The van der Waals surface area contributed by atoms with Crippen LogP contribution in [0.15, 0.2) is 24.3 Å². The summed E-state index contributed by atoms with van der Waals surface area (Å²) in [4.78, 5) is 0. The fourth-order valence-corrected chi connectivity index (χ4v) is 0.496. The third kappa shape index (κ3) is 2.39. The van der Waals surface area contributed by atoms with Gasteiger partial charge in [-0.3, -0.25) is 0 Å². The topological polar surface area (TPSA) is 52.0 Å². The van der Waals surface area contributed by atoms with Crippen LogP contribution in [0.25, 0.3) is 0 Å². The summed E-state index contributed by atoms with van der Waals surface area (Å²) >= 11 is 0. The summed E-state index contributed by atoms with van der Waals surface area (Å²) in [6, 6.07) is 7.09. The van der Waals surface area contributed by atoms with Gasteiger partial charge in [0.05, 0.1) is 0 Å². The first-order valence-electron chi connectivity index (χ1n) is 2.40. The van der Waals surface area contributed by atoms with E-state index in [-0.39, 0.29) is 16.8 Å². The molecule has 0 heterocycles. The summed E-state index contributed by atoms with van der Waals surface area (Å²) in [7, 11) is 0. The summed E-state index contributed by atoms with van der Waals surface area (Å²) in [5.41, 5.74) is 12.2. The number of anilines is 2. The van der Waals surface area contributed by atoms with Crippen molar-refractivity contribution in [2.75, 3.05) is 11.5 Å². The van der Waals surface area contributed by atoms with E-state index in [9.17, 15) is 0 Å². The SMILES string of the molecule is Nc1ccc(N)cc1.[Co]. The van der Waals surface area contributed by atoms with E-state index in [0.29, 0.717) is 0 Å². The predicted molar refractivity (Wildman–Crippen MR) is 35.3 cm³/mol. The Morgan fingerprint density at radius 2 is 1.00 bits per heavy atom. The van der Waals surface area contributed by atoms with Gasteiger partial charge in [-0.2, -0.15) is 0 Å². The smallest absolute Gasteiger partial charge is 0.0315 e. The molecule has 0 unspecified atom stereocenters. The minimum Gasteiger partial charge on any atom is -0.399 e. The van der Waals surface area contributed by atoms with Crippen molar-refractivity contribution >= 4 is 11.4 Å². The van der Waals surface area contributed by atoms with Gasteiger partial charge in [0.1, 0.15) is 0 Å². The Labute approximate surface area is 64.4 Å². The zero-order valence-corrected chi connectivity index (χ0v) is 5.84. The second kappa shape index (κ2) is 3.37. The fourth-order valence-electron chi connectivity index (χ4n) is 0.496. The van der Waals surface area contributed by atoms with E-state index in [1.165, 1.54) is 0 Å². The Morgan fingerprint density at radius 1 is 0.778 bits per heavy atom. The van der Waals surface area contributed by atoms with E-state index >= 15 is 0 Å². The van der Waals surface area contributed by atoms with Crippen LogP contribution in [0, 0.1) is 0 Å². The molecule has 0 saturated carbocycles. The zero-order chi connectivity index (χ0) is 5.98. The molecule has 0 spiro atoms. The molecular formula is C6H8CoN2. The number of hydrogen-bond acceptors (Lipinski definition) is 2. The first-order valence-corrected chi connectivity index (χ1v) is 2.40. The molecule has 0 bridgehead atoms. The predicted octanol–water partition coefficient (Wildman–Crippen LogP) is 0.849. The number of rotatable bonds is 0. The average Bonchev–Trinajstić information content (AvgIpc) is 1.77. The summed E-state index contributed by atoms with van der Waals surface area (Å²) in [5.74, 6) is 0. The van der Waals surface area contributed by atoms with Crippen molar-refractivity contribution in [2.24, 2.45) is 0 Å². The van der Waals surface area contributed by atoms with Crippen molar-refractivity contribution in [1.82, 2.24) is 0 Å². The van der Waals surface area contributed by atoms with E-state index in [2.05, 4.69) is 0 Å². The second-order valence-corrected chi connectivity index (χ2v) is 1.67. The standard InChI is InChI=1S/C6H8N2.Co/c7-5-1-2-6(8)4-3-5;/h1-4H,7-8H2;. The minimum atomic E-state index is 0. The molecule has 1 aromatic rings. The van der Waals surface area contributed by atoms with Crippen LogP contribution in [0.5, 0.6) is 0 Å². The Bertz CT molecular complexity index is 150. The number of nitrogen functional groups attached to an aromatic ring is 2. The van der Waals surface area contributed by atoms with Gasteiger partial charge in [-0.1, -0.05) is 0 Å². The number of nitrogens with two attached hydrogens (primary N) is 2. The van der Waals surface area contributed by atoms with Gasteiger partial charge < -0.3 is 11.5 Å². The van der Waals surface area contributed by atoms with Gasteiger partial charge >= 0.3 is 0 Å². The van der Waals surface area contributed by atoms with Gasteiger partial charge in [0.15, 0.2) is 0 Å². The quantitative estimate of drug-likeness (QED) is 0.562. The molecule has 51 valence electrons. The van der Waals surface area contributed by atoms with Gasteiger partial charge in [0, 0.05) is 28.2 Å². The van der Waals surface area contributed by atoms with Gasteiger partial charge in [-0.15, -0.1) is 0 Å². The van der Waals surface area contributed by atoms with Crippen molar-refractivity contribution < 1.29 is 16.8 Å². The molecule has 0 aromatic heterocycles. The molecule has 0 saturated heterocycles. The van der Waals surface area contributed by atoms with E-state index in [4.69, 9.17) is 11.5 Å². The molecular weight excluding hydrogens is 159 g/mol. The molecule has 1 aromatic carbocycles. The molecule has 9 heavy (non-hydrogen) atoms. The molecule has 0 amide bonds. The number of benzene rings is 1. The Morgan fingerprint density at radius 3 is 1.22 bits per heavy atom. The monoisotopic (exact) mass is 167 g/mol. The van der Waals surface area contributed by atoms with Gasteiger partial charge in [0.25, 0.3) is 0 Å². The first-order chi connectivity index (χ1) is 3.79. The van der Waals surface area contributed by atoms with Crippen LogP contribution in [-0.2, 0) is 16.8 Å². The van der Waals surface area contributed by atoms with Crippen LogP contribution in [0.1, 0.15) is 0 Å². The molecule has 1 radical (unpaired) electrons. The molecule has 0 atom stereocenters. The third-order valence-corrected chi connectivity index (χ3v) is 0.936. The summed E-state index contributed by atoms with van der Waals surface area (Å²) in [5, 5.41) is 0. The van der Waals surface area contributed by atoms with Gasteiger partial charge in [-0.25, -0.2) is 0 Å². The van der Waals surface area contributed by atoms with Crippen LogP contribution >= 0.6 is 0 Å². The van der Waals surface area contributed by atoms with Gasteiger partial charge in [0.2, 0.25) is 0 Å². The van der Waals surface area contributed by atoms with Crippen LogP contribution < -0.4 is 11.5 Å². The normalized spacial score (nSPS) is 8.00. The Balaban J connectivity index is 0.000000640.